The van der Waals surface area contributed by atoms with E-state index < -0.39 is 0 Å². The molecule has 0 bridgehead atoms. The van der Waals surface area contributed by atoms with Crippen molar-refractivity contribution in [1.29, 1.82) is 0 Å². The molecule has 1 aliphatic carbocycles. The number of hydrogen-bond donors (Lipinski definition) is 1. The second-order valence-corrected chi connectivity index (χ2v) is 5.23. The number of para-hydroxylation sites is 2. The van der Waals surface area contributed by atoms with Gasteiger partial charge in [0.2, 0.25) is 0 Å². The van der Waals surface area contributed by atoms with E-state index in [1.54, 1.807) is 0 Å². The number of H-pyrrole nitrogens is 1. The Hall–Kier alpha value is -1.51. The molecule has 1 saturated carbocycles. The third kappa shape index (κ3) is 1.79. The summed E-state index contributed by atoms with van der Waals surface area (Å²) in [5.74, 6) is 0.812. The van der Waals surface area contributed by atoms with Crippen LogP contribution in [0.2, 0.25) is 0 Å². The third-order valence-electron chi connectivity index (χ3n) is 3.97. The summed E-state index contributed by atoms with van der Waals surface area (Å²) < 4.78 is 1.96. The zero-order valence-electron chi connectivity index (χ0n) is 10.1. The van der Waals surface area contributed by atoms with Gasteiger partial charge in [-0.15, -0.1) is 0 Å². The minimum absolute atomic E-state index is 0.0470. The normalized spacial score (nSPS) is 25.2. The molecule has 1 fully saturated rings. The van der Waals surface area contributed by atoms with Crippen molar-refractivity contribution in [3.8, 4) is 0 Å². The highest BCUT2D eigenvalue weighted by Crippen LogP contribution is 2.32. The number of nitrogens with one attached hydrogen (secondary N) is 1. The smallest absolute Gasteiger partial charge is 0.306 e. The number of benzene rings is 1. The first-order valence-corrected chi connectivity index (χ1v) is 6.45. The van der Waals surface area contributed by atoms with Crippen LogP contribution in [0.5, 0.6) is 0 Å². The Morgan fingerprint density at radius 3 is 2.65 bits per heavy atom. The zero-order valence-corrected chi connectivity index (χ0v) is 10.1. The van der Waals surface area contributed by atoms with Crippen molar-refractivity contribution in [2.75, 3.05) is 0 Å². The molecular formula is C14H18N2O. The lowest BCUT2D eigenvalue weighted by atomic mass is 9.87. The highest BCUT2D eigenvalue weighted by atomic mass is 16.1. The molecule has 3 rings (SSSR count). The summed E-state index contributed by atoms with van der Waals surface area (Å²) in [7, 11) is 0. The Labute approximate surface area is 100 Å². The molecule has 0 radical (unpaired) electrons. The molecule has 0 atom stereocenters. The van der Waals surface area contributed by atoms with Crippen LogP contribution in [0, 0.1) is 5.92 Å². The Bertz CT molecular complexity index is 573. The molecule has 1 N–H and O–H groups in total. The summed E-state index contributed by atoms with van der Waals surface area (Å²) in [5, 5.41) is 0. The Balaban J connectivity index is 2.05. The summed E-state index contributed by atoms with van der Waals surface area (Å²) in [6.07, 6.45) is 4.72. The number of hydrogen-bond acceptors (Lipinski definition) is 1. The highest BCUT2D eigenvalue weighted by Gasteiger charge is 2.22. The second kappa shape index (κ2) is 4.06. The molecule has 3 nitrogen and oxygen atoms in total. The highest BCUT2D eigenvalue weighted by molar-refractivity contribution is 5.75. The van der Waals surface area contributed by atoms with Crippen LogP contribution in [0.15, 0.2) is 29.1 Å². The van der Waals surface area contributed by atoms with E-state index in [0.717, 1.165) is 29.8 Å². The van der Waals surface area contributed by atoms with E-state index in [1.165, 1.54) is 12.8 Å². The van der Waals surface area contributed by atoms with Gasteiger partial charge in [-0.2, -0.15) is 0 Å². The summed E-state index contributed by atoms with van der Waals surface area (Å²) >= 11 is 0. The molecule has 1 heterocycles. The molecule has 0 saturated heterocycles. The predicted molar refractivity (Wildman–Crippen MR) is 69.2 cm³/mol. The molecule has 0 aliphatic heterocycles. The Morgan fingerprint density at radius 1 is 1.18 bits per heavy atom. The van der Waals surface area contributed by atoms with Gasteiger partial charge in [0, 0.05) is 6.04 Å². The van der Waals surface area contributed by atoms with Crippen molar-refractivity contribution >= 4 is 11.0 Å². The molecule has 90 valence electrons. The maximum absolute atomic E-state index is 12.0. The molecule has 2 aromatic rings. The fourth-order valence-corrected chi connectivity index (χ4v) is 2.94. The number of aromatic nitrogens is 2. The standard InChI is InChI=1S/C14H18N2O/c1-10-6-8-11(9-7-10)16-13-5-3-2-4-12(13)15-14(16)17/h2-5,10-11H,6-9H2,1H3,(H,15,17)/t10-,11-. The van der Waals surface area contributed by atoms with Gasteiger partial charge in [0.1, 0.15) is 0 Å². The van der Waals surface area contributed by atoms with E-state index in [1.807, 2.05) is 28.8 Å². The van der Waals surface area contributed by atoms with Crippen LogP contribution in [0.1, 0.15) is 38.6 Å². The molecule has 3 heteroatoms. The fourth-order valence-electron chi connectivity index (χ4n) is 2.94. The Kier molecular flexibility index (Phi) is 2.54. The predicted octanol–water partition coefficient (Wildman–Crippen LogP) is 3.08. The summed E-state index contributed by atoms with van der Waals surface area (Å²) in [4.78, 5) is 15.0. The lowest BCUT2D eigenvalue weighted by Crippen LogP contribution is -2.25. The first-order valence-electron chi connectivity index (χ1n) is 6.45. The van der Waals surface area contributed by atoms with Crippen molar-refractivity contribution in [2.24, 2.45) is 5.92 Å². The number of fused-ring (bicyclic) bond motifs is 1. The van der Waals surface area contributed by atoms with Gasteiger partial charge in [0.25, 0.3) is 0 Å². The largest absolute Gasteiger partial charge is 0.326 e. The lowest BCUT2D eigenvalue weighted by molar-refractivity contribution is 0.290. The first kappa shape index (κ1) is 10.6. The van der Waals surface area contributed by atoms with Crippen molar-refractivity contribution < 1.29 is 0 Å². The fraction of sp³-hybridized carbons (Fsp3) is 0.500. The molecule has 1 aliphatic rings. The molecule has 0 spiro atoms. The molecule has 1 aromatic heterocycles. The van der Waals surface area contributed by atoms with E-state index in [2.05, 4.69) is 11.9 Å². The van der Waals surface area contributed by atoms with Gasteiger partial charge in [-0.05, 0) is 43.7 Å². The van der Waals surface area contributed by atoms with Crippen molar-refractivity contribution in [2.45, 2.75) is 38.6 Å². The topological polar surface area (TPSA) is 37.8 Å². The van der Waals surface area contributed by atoms with Gasteiger partial charge in [-0.25, -0.2) is 4.79 Å². The monoisotopic (exact) mass is 230 g/mol. The van der Waals surface area contributed by atoms with E-state index in [9.17, 15) is 4.79 Å². The minimum atomic E-state index is 0.0470. The lowest BCUT2D eigenvalue weighted by Gasteiger charge is -2.27. The summed E-state index contributed by atoms with van der Waals surface area (Å²) in [6.45, 7) is 2.30. The third-order valence-corrected chi connectivity index (χ3v) is 3.97. The minimum Gasteiger partial charge on any atom is -0.306 e. The molecular weight excluding hydrogens is 212 g/mol. The van der Waals surface area contributed by atoms with E-state index in [0.29, 0.717) is 6.04 Å². The van der Waals surface area contributed by atoms with Gasteiger partial charge >= 0.3 is 5.69 Å². The first-order chi connectivity index (χ1) is 8.25. The molecule has 0 unspecified atom stereocenters. The van der Waals surface area contributed by atoms with E-state index >= 15 is 0 Å². The second-order valence-electron chi connectivity index (χ2n) is 5.23. The van der Waals surface area contributed by atoms with Crippen molar-refractivity contribution in [3.63, 3.8) is 0 Å². The molecule has 1 aromatic carbocycles. The van der Waals surface area contributed by atoms with Crippen LogP contribution in [0.4, 0.5) is 0 Å². The van der Waals surface area contributed by atoms with Crippen LogP contribution in [0.25, 0.3) is 11.0 Å². The summed E-state index contributed by atoms with van der Waals surface area (Å²) in [5.41, 5.74) is 2.05. The molecule has 17 heavy (non-hydrogen) atoms. The van der Waals surface area contributed by atoms with Crippen LogP contribution >= 0.6 is 0 Å². The number of rotatable bonds is 1. The van der Waals surface area contributed by atoms with Gasteiger partial charge in [-0.3, -0.25) is 4.57 Å². The average Bonchev–Trinajstić information content (AvgIpc) is 2.66. The van der Waals surface area contributed by atoms with Gasteiger partial charge in [0.15, 0.2) is 0 Å². The zero-order chi connectivity index (χ0) is 11.8. The van der Waals surface area contributed by atoms with Crippen molar-refractivity contribution in [3.05, 3.63) is 34.7 Å². The number of aromatic amines is 1. The average molecular weight is 230 g/mol. The number of nitrogens with zero attached hydrogens (tertiary/aromatic N) is 1. The van der Waals surface area contributed by atoms with Crippen LogP contribution in [0.3, 0.4) is 0 Å². The van der Waals surface area contributed by atoms with Gasteiger partial charge < -0.3 is 4.98 Å². The quantitative estimate of drug-likeness (QED) is 0.803. The van der Waals surface area contributed by atoms with Gasteiger partial charge in [-0.1, -0.05) is 19.1 Å². The van der Waals surface area contributed by atoms with Crippen molar-refractivity contribution in [1.82, 2.24) is 9.55 Å². The Morgan fingerprint density at radius 2 is 1.88 bits per heavy atom. The number of imidazole rings is 1. The van der Waals surface area contributed by atoms with E-state index in [4.69, 9.17) is 0 Å². The maximum atomic E-state index is 12.0. The molecule has 0 amide bonds. The maximum Gasteiger partial charge on any atom is 0.326 e. The van der Waals surface area contributed by atoms with Crippen LogP contribution in [-0.2, 0) is 0 Å². The SMILES string of the molecule is C[C@H]1CC[C@H](n2c(=O)[nH]c3ccccc32)CC1. The van der Waals surface area contributed by atoms with Crippen LogP contribution in [-0.4, -0.2) is 9.55 Å². The van der Waals surface area contributed by atoms with Gasteiger partial charge in [0.05, 0.1) is 11.0 Å². The van der Waals surface area contributed by atoms with Crippen LogP contribution < -0.4 is 5.69 Å². The van der Waals surface area contributed by atoms with E-state index in [-0.39, 0.29) is 5.69 Å². The summed E-state index contributed by atoms with van der Waals surface area (Å²) in [6, 6.07) is 8.35.